The van der Waals surface area contributed by atoms with Crippen molar-refractivity contribution in [3.8, 4) is 0 Å². The van der Waals surface area contributed by atoms with Crippen LogP contribution in [-0.4, -0.2) is 24.0 Å². The summed E-state index contributed by atoms with van der Waals surface area (Å²) in [7, 11) is 0. The maximum absolute atomic E-state index is 6.12. The largest absolute Gasteiger partial charge is 0.338 e. The molecule has 0 aromatic heterocycles. The summed E-state index contributed by atoms with van der Waals surface area (Å²) in [5, 5.41) is 0. The minimum absolute atomic E-state index is 0. The Hall–Kier alpha value is 2.84. The van der Waals surface area contributed by atoms with Crippen LogP contribution in [-0.2, 0) is 27.1 Å². The fourth-order valence-corrected chi connectivity index (χ4v) is 6.70. The molecule has 2 unspecified atom stereocenters. The summed E-state index contributed by atoms with van der Waals surface area (Å²) in [5.74, 6) is 2.34. The van der Waals surface area contributed by atoms with Crippen molar-refractivity contribution in [1.29, 1.82) is 0 Å². The van der Waals surface area contributed by atoms with Gasteiger partial charge in [0.1, 0.15) is 8.67 Å². The summed E-state index contributed by atoms with van der Waals surface area (Å²) in [4.78, 5) is 0. The van der Waals surface area contributed by atoms with Crippen LogP contribution in [0.25, 0.3) is 0 Å². The van der Waals surface area contributed by atoms with Crippen molar-refractivity contribution in [1.82, 2.24) is 0 Å². The van der Waals surface area contributed by atoms with Crippen LogP contribution in [0.3, 0.4) is 0 Å². The standard InChI is InChI=1S/C8H11Br3OS2.Nb/c9-7(10)3-5-14-8(7,11)12-6-2-1-4-13-6;/h6H,1-5H2;. The number of halogens is 3. The molecule has 0 N–H and O–H groups in total. The van der Waals surface area contributed by atoms with E-state index in [9.17, 15) is 0 Å². The first-order valence-electron chi connectivity index (χ1n) is 4.54. The van der Waals surface area contributed by atoms with Crippen LogP contribution >= 0.6 is 71.3 Å². The van der Waals surface area contributed by atoms with E-state index in [0.717, 1.165) is 12.2 Å². The van der Waals surface area contributed by atoms with E-state index in [0.29, 0.717) is 5.44 Å². The summed E-state index contributed by atoms with van der Waals surface area (Å²) in [6, 6.07) is 0. The van der Waals surface area contributed by atoms with Gasteiger partial charge in [-0.25, -0.2) is 0 Å². The van der Waals surface area contributed by atoms with Crippen LogP contribution in [0.15, 0.2) is 0 Å². The average Bonchev–Trinajstić information content (AvgIpc) is 2.63. The van der Waals surface area contributed by atoms with Crippen molar-refractivity contribution in [2.24, 2.45) is 0 Å². The summed E-state index contributed by atoms with van der Waals surface area (Å²) < 4.78 is 5.70. The van der Waals surface area contributed by atoms with Crippen molar-refractivity contribution in [2.75, 3.05) is 11.5 Å². The molecule has 7 heteroatoms. The molecule has 0 amide bonds. The zero-order valence-corrected chi connectivity index (χ0v) is 16.5. The van der Waals surface area contributed by atoms with Crippen molar-refractivity contribution in [3.05, 3.63) is 0 Å². The fraction of sp³-hybridized carbons (Fsp3) is 1.00. The third-order valence-electron chi connectivity index (χ3n) is 2.31. The molecule has 2 atom stereocenters. The smallest absolute Gasteiger partial charge is 0.195 e. The molecule has 1 nitrogen and oxygen atoms in total. The zero-order chi connectivity index (χ0) is 10.2. The molecular formula is C8H11Br3NbOS2. The van der Waals surface area contributed by atoms with Gasteiger partial charge in [-0.05, 0) is 46.7 Å². The van der Waals surface area contributed by atoms with Gasteiger partial charge in [0.2, 0.25) is 0 Å². The quantitative estimate of drug-likeness (QED) is 0.392. The van der Waals surface area contributed by atoms with E-state index in [4.69, 9.17) is 4.74 Å². The maximum Gasteiger partial charge on any atom is 0.195 e. The van der Waals surface area contributed by atoms with Gasteiger partial charge in [0.05, 0.1) is 0 Å². The third-order valence-corrected chi connectivity index (χ3v) is 9.81. The van der Waals surface area contributed by atoms with Crippen molar-refractivity contribution >= 4 is 71.3 Å². The second-order valence-corrected chi connectivity index (χ2v) is 11.4. The summed E-state index contributed by atoms with van der Waals surface area (Å²) >= 11 is 14.8. The topological polar surface area (TPSA) is 9.23 Å². The van der Waals surface area contributed by atoms with Crippen molar-refractivity contribution in [3.63, 3.8) is 0 Å². The number of ether oxygens (including phenoxy) is 1. The molecule has 1 radical (unpaired) electrons. The Bertz CT molecular complexity index is 226. The summed E-state index contributed by atoms with van der Waals surface area (Å²) in [6.45, 7) is 0. The number of rotatable bonds is 2. The normalized spacial score (nSPS) is 39.0. The molecule has 0 spiro atoms. The van der Waals surface area contributed by atoms with E-state index in [2.05, 4.69) is 47.8 Å². The Morgan fingerprint density at radius 2 is 1.93 bits per heavy atom. The van der Waals surface area contributed by atoms with Crippen LogP contribution in [0, 0.1) is 0 Å². The van der Waals surface area contributed by atoms with Crippen LogP contribution < -0.4 is 0 Å². The molecule has 0 saturated carbocycles. The van der Waals surface area contributed by atoms with Gasteiger partial charge in [-0.1, -0.05) is 31.9 Å². The first-order chi connectivity index (χ1) is 6.54. The first-order valence-corrected chi connectivity index (χ1v) is 8.95. The Kier molecular flexibility index (Phi) is 6.71. The predicted octanol–water partition coefficient (Wildman–Crippen LogP) is 4.53. The van der Waals surface area contributed by atoms with Gasteiger partial charge in [-0.3, -0.25) is 0 Å². The first kappa shape index (κ1) is 15.9. The molecule has 2 aliphatic rings. The van der Waals surface area contributed by atoms with Gasteiger partial charge in [-0.2, -0.15) is 0 Å². The number of alkyl halides is 3. The summed E-state index contributed by atoms with van der Waals surface area (Å²) in [5.41, 5.74) is 0.356. The number of hydrogen-bond acceptors (Lipinski definition) is 3. The molecular weight excluding hydrogens is 509 g/mol. The maximum atomic E-state index is 6.12. The van der Waals surface area contributed by atoms with Gasteiger partial charge in [-0.15, -0.1) is 23.5 Å². The predicted molar refractivity (Wildman–Crippen MR) is 75.9 cm³/mol. The van der Waals surface area contributed by atoms with E-state index in [1.165, 1.54) is 18.6 Å². The van der Waals surface area contributed by atoms with Gasteiger partial charge < -0.3 is 4.74 Å². The SMILES string of the molecule is BrC1(Br)CCSC1(Br)OC1CCCS1.[Nb]. The minimum Gasteiger partial charge on any atom is -0.338 e. The Morgan fingerprint density at radius 3 is 2.40 bits per heavy atom. The van der Waals surface area contributed by atoms with Gasteiger partial charge >= 0.3 is 0 Å². The second kappa shape index (κ2) is 6.33. The van der Waals surface area contributed by atoms with Crippen LogP contribution in [0.4, 0.5) is 0 Å². The molecule has 2 rings (SSSR count). The monoisotopic (exact) mass is 517 g/mol. The van der Waals surface area contributed by atoms with E-state index < -0.39 is 0 Å². The van der Waals surface area contributed by atoms with Gasteiger partial charge in [0, 0.05) is 22.4 Å². The minimum atomic E-state index is -0.304. The van der Waals surface area contributed by atoms with Crippen LogP contribution in [0.1, 0.15) is 19.3 Å². The van der Waals surface area contributed by atoms with Gasteiger partial charge in [0.25, 0.3) is 0 Å². The third kappa shape index (κ3) is 3.66. The molecule has 2 aliphatic heterocycles. The molecule has 0 aliphatic carbocycles. The summed E-state index contributed by atoms with van der Waals surface area (Å²) in [6.07, 6.45) is 3.52. The van der Waals surface area contributed by atoms with Crippen molar-refractivity contribution < 1.29 is 27.1 Å². The van der Waals surface area contributed by atoms with E-state index in [-0.39, 0.29) is 29.5 Å². The molecule has 0 aromatic rings. The fourth-order valence-electron chi connectivity index (χ4n) is 1.50. The van der Waals surface area contributed by atoms with Crippen LogP contribution in [0.2, 0.25) is 0 Å². The van der Waals surface area contributed by atoms with E-state index in [1.54, 1.807) is 0 Å². The molecule has 0 aromatic carbocycles. The van der Waals surface area contributed by atoms with Crippen molar-refractivity contribution in [2.45, 2.75) is 31.8 Å². The van der Waals surface area contributed by atoms with E-state index >= 15 is 0 Å². The van der Waals surface area contributed by atoms with Gasteiger partial charge in [0.15, 0.2) is 3.84 Å². The molecule has 87 valence electrons. The molecule has 2 saturated heterocycles. The van der Waals surface area contributed by atoms with Crippen LogP contribution in [0.5, 0.6) is 0 Å². The Balaban J connectivity index is 0.00000112. The van der Waals surface area contributed by atoms with E-state index in [1.807, 2.05) is 23.5 Å². The molecule has 2 fully saturated rings. The number of thioether (sulfide) groups is 2. The average molecular weight is 520 g/mol. The molecule has 15 heavy (non-hydrogen) atoms. The zero-order valence-electron chi connectivity index (χ0n) is 7.92. The Labute approximate surface area is 140 Å². The Morgan fingerprint density at radius 1 is 1.20 bits per heavy atom. The second-order valence-electron chi connectivity index (χ2n) is 3.40. The molecule has 2 heterocycles. The number of hydrogen-bond donors (Lipinski definition) is 0. The molecule has 0 bridgehead atoms.